The highest BCUT2D eigenvalue weighted by atomic mass is 32.2. The van der Waals surface area contributed by atoms with E-state index in [2.05, 4.69) is 47.0 Å². The maximum absolute atomic E-state index is 5.88. The molecule has 0 fully saturated rings. The van der Waals surface area contributed by atoms with Gasteiger partial charge in [-0.25, -0.2) is 4.98 Å². The van der Waals surface area contributed by atoms with Gasteiger partial charge >= 0.3 is 0 Å². The minimum Gasteiger partial charge on any atom is -0.494 e. The van der Waals surface area contributed by atoms with Crippen LogP contribution in [0, 0.1) is 0 Å². The first-order chi connectivity index (χ1) is 14.3. The number of fused-ring (bicyclic) bond motifs is 1. The van der Waals surface area contributed by atoms with Crippen molar-refractivity contribution >= 4 is 22.8 Å². The molecule has 0 radical (unpaired) electrons. The minimum atomic E-state index is 0.618. The molecule has 4 rings (SSSR count). The van der Waals surface area contributed by atoms with E-state index >= 15 is 0 Å². The van der Waals surface area contributed by atoms with Gasteiger partial charge in [-0.3, -0.25) is 0 Å². The van der Waals surface area contributed by atoms with Gasteiger partial charge in [-0.2, -0.15) is 0 Å². The molecule has 0 aliphatic heterocycles. The number of rotatable bonds is 9. The van der Waals surface area contributed by atoms with Crippen LogP contribution in [0.5, 0.6) is 11.5 Å². The Hall–Kier alpha value is -2.92. The highest BCUT2D eigenvalue weighted by Crippen LogP contribution is 2.25. The van der Waals surface area contributed by atoms with Gasteiger partial charge in [-0.05, 0) is 48.9 Å². The molecule has 0 spiro atoms. The van der Waals surface area contributed by atoms with E-state index in [0.717, 1.165) is 40.0 Å². The summed E-state index contributed by atoms with van der Waals surface area (Å²) < 4.78 is 13.6. The van der Waals surface area contributed by atoms with E-state index < -0.39 is 0 Å². The topological polar surface area (TPSA) is 36.3 Å². The summed E-state index contributed by atoms with van der Waals surface area (Å²) in [6.07, 6.45) is 0. The number of aromatic nitrogens is 2. The Morgan fingerprint density at radius 1 is 0.828 bits per heavy atom. The molecule has 5 heteroatoms. The average Bonchev–Trinajstić information content (AvgIpc) is 3.11. The Kier molecular flexibility index (Phi) is 6.37. The summed E-state index contributed by atoms with van der Waals surface area (Å²) in [6.45, 7) is 4.07. The van der Waals surface area contributed by atoms with E-state index in [1.54, 1.807) is 11.8 Å². The maximum atomic E-state index is 5.88. The van der Waals surface area contributed by atoms with Crippen LogP contribution in [0.25, 0.3) is 11.0 Å². The van der Waals surface area contributed by atoms with Crippen molar-refractivity contribution in [1.82, 2.24) is 9.55 Å². The summed E-state index contributed by atoms with van der Waals surface area (Å²) >= 11 is 1.72. The Balaban J connectivity index is 1.41. The molecule has 0 bridgehead atoms. The van der Waals surface area contributed by atoms with Crippen LogP contribution < -0.4 is 9.47 Å². The van der Waals surface area contributed by atoms with Crippen LogP contribution in [0.1, 0.15) is 12.5 Å². The zero-order valence-electron chi connectivity index (χ0n) is 16.5. The molecule has 0 unspecified atom stereocenters. The highest BCUT2D eigenvalue weighted by molar-refractivity contribution is 7.99. The number of benzene rings is 3. The largest absolute Gasteiger partial charge is 0.494 e. The molecular formula is C24H24N2O2S. The lowest BCUT2D eigenvalue weighted by Gasteiger charge is -2.10. The summed E-state index contributed by atoms with van der Waals surface area (Å²) in [5.41, 5.74) is 3.45. The van der Waals surface area contributed by atoms with Crippen LogP contribution in [0.4, 0.5) is 0 Å². The molecule has 0 aliphatic rings. The van der Waals surface area contributed by atoms with E-state index in [4.69, 9.17) is 14.5 Å². The second kappa shape index (κ2) is 9.52. The standard InChI is InChI=1S/C24H24N2O2S/c1-2-27-20-12-14-21(15-13-20)28-16-17-29-24-25-22-10-6-7-11-23(22)26(24)18-19-8-4-3-5-9-19/h3-15H,2,16-18H2,1H3. The van der Waals surface area contributed by atoms with Gasteiger partial charge in [-0.15, -0.1) is 0 Å². The van der Waals surface area contributed by atoms with E-state index in [1.165, 1.54) is 5.56 Å². The first kappa shape index (κ1) is 19.4. The van der Waals surface area contributed by atoms with Gasteiger partial charge in [0, 0.05) is 5.75 Å². The van der Waals surface area contributed by atoms with Crippen LogP contribution >= 0.6 is 11.8 Å². The maximum Gasteiger partial charge on any atom is 0.169 e. The second-order valence-electron chi connectivity index (χ2n) is 6.56. The van der Waals surface area contributed by atoms with Crippen LogP contribution in [-0.2, 0) is 6.54 Å². The Morgan fingerprint density at radius 3 is 2.28 bits per heavy atom. The fourth-order valence-corrected chi connectivity index (χ4v) is 4.00. The normalized spacial score (nSPS) is 10.9. The van der Waals surface area contributed by atoms with Crippen LogP contribution in [-0.4, -0.2) is 28.5 Å². The molecule has 0 atom stereocenters. The predicted octanol–water partition coefficient (Wildman–Crippen LogP) is 5.65. The number of para-hydroxylation sites is 2. The first-order valence-corrected chi connectivity index (χ1v) is 10.8. The molecule has 0 saturated heterocycles. The van der Waals surface area contributed by atoms with Crippen molar-refractivity contribution < 1.29 is 9.47 Å². The molecule has 148 valence electrons. The zero-order valence-corrected chi connectivity index (χ0v) is 17.3. The van der Waals surface area contributed by atoms with Crippen LogP contribution in [0.2, 0.25) is 0 Å². The number of hydrogen-bond donors (Lipinski definition) is 0. The molecule has 1 aromatic heterocycles. The van der Waals surface area contributed by atoms with Crippen LogP contribution in [0.15, 0.2) is 84.0 Å². The third-order valence-corrected chi connectivity index (χ3v) is 5.46. The molecule has 0 saturated carbocycles. The minimum absolute atomic E-state index is 0.618. The van der Waals surface area contributed by atoms with Crippen molar-refractivity contribution in [2.75, 3.05) is 19.0 Å². The van der Waals surface area contributed by atoms with Gasteiger partial charge < -0.3 is 14.0 Å². The van der Waals surface area contributed by atoms with Gasteiger partial charge in [0.25, 0.3) is 0 Å². The Bertz CT molecular complexity index is 1050. The van der Waals surface area contributed by atoms with E-state index in [9.17, 15) is 0 Å². The van der Waals surface area contributed by atoms with Gasteiger partial charge in [0.05, 0.1) is 30.8 Å². The van der Waals surface area contributed by atoms with Gasteiger partial charge in [0.15, 0.2) is 5.16 Å². The molecule has 4 nitrogen and oxygen atoms in total. The van der Waals surface area contributed by atoms with Crippen molar-refractivity contribution in [2.45, 2.75) is 18.6 Å². The first-order valence-electron chi connectivity index (χ1n) is 9.81. The smallest absolute Gasteiger partial charge is 0.169 e. The predicted molar refractivity (Wildman–Crippen MR) is 119 cm³/mol. The Morgan fingerprint density at radius 2 is 1.52 bits per heavy atom. The molecule has 0 N–H and O–H groups in total. The molecule has 1 heterocycles. The fraction of sp³-hybridized carbons (Fsp3) is 0.208. The summed E-state index contributed by atoms with van der Waals surface area (Å²) in [4.78, 5) is 4.84. The lowest BCUT2D eigenvalue weighted by Crippen LogP contribution is -2.04. The van der Waals surface area contributed by atoms with E-state index in [0.29, 0.717) is 13.2 Å². The monoisotopic (exact) mass is 404 g/mol. The van der Waals surface area contributed by atoms with E-state index in [1.807, 2.05) is 43.3 Å². The summed E-state index contributed by atoms with van der Waals surface area (Å²) in [5, 5.41) is 1.02. The lowest BCUT2D eigenvalue weighted by molar-refractivity contribution is 0.332. The van der Waals surface area contributed by atoms with Gasteiger partial charge in [-0.1, -0.05) is 54.2 Å². The second-order valence-corrected chi connectivity index (χ2v) is 7.62. The van der Waals surface area contributed by atoms with E-state index in [-0.39, 0.29) is 0 Å². The number of thioether (sulfide) groups is 1. The molecular weight excluding hydrogens is 380 g/mol. The van der Waals surface area contributed by atoms with Crippen molar-refractivity contribution in [3.8, 4) is 11.5 Å². The van der Waals surface area contributed by atoms with Crippen molar-refractivity contribution in [1.29, 1.82) is 0 Å². The molecule has 4 aromatic rings. The molecule has 0 amide bonds. The van der Waals surface area contributed by atoms with Crippen molar-refractivity contribution in [3.63, 3.8) is 0 Å². The summed E-state index contributed by atoms with van der Waals surface area (Å²) in [7, 11) is 0. The van der Waals surface area contributed by atoms with Gasteiger partial charge in [0.1, 0.15) is 11.5 Å². The fourth-order valence-electron chi connectivity index (χ4n) is 3.17. The van der Waals surface area contributed by atoms with Crippen LogP contribution in [0.3, 0.4) is 0 Å². The summed E-state index contributed by atoms with van der Waals surface area (Å²) in [6, 6.07) is 26.6. The number of ether oxygens (including phenoxy) is 2. The summed E-state index contributed by atoms with van der Waals surface area (Å²) in [5.74, 6) is 2.54. The number of hydrogen-bond acceptors (Lipinski definition) is 4. The Labute approximate surface area is 175 Å². The lowest BCUT2D eigenvalue weighted by atomic mass is 10.2. The SMILES string of the molecule is CCOc1ccc(OCCSc2nc3ccccc3n2Cc2ccccc2)cc1. The molecule has 0 aliphatic carbocycles. The molecule has 29 heavy (non-hydrogen) atoms. The van der Waals surface area contributed by atoms with Crippen molar-refractivity contribution in [2.24, 2.45) is 0 Å². The van der Waals surface area contributed by atoms with Gasteiger partial charge in [0.2, 0.25) is 0 Å². The third-order valence-electron chi connectivity index (χ3n) is 4.52. The zero-order chi connectivity index (χ0) is 19.9. The highest BCUT2D eigenvalue weighted by Gasteiger charge is 2.11. The average molecular weight is 405 g/mol. The van der Waals surface area contributed by atoms with Crippen molar-refractivity contribution in [3.05, 3.63) is 84.4 Å². The number of imidazole rings is 1. The third kappa shape index (κ3) is 4.93. The quantitative estimate of drug-likeness (QED) is 0.267. The molecule has 3 aromatic carbocycles. The number of nitrogens with zero attached hydrogens (tertiary/aromatic N) is 2.